The van der Waals surface area contributed by atoms with Crippen LogP contribution >= 0.6 is 23.2 Å². The summed E-state index contributed by atoms with van der Waals surface area (Å²) in [5.41, 5.74) is 0.336. The monoisotopic (exact) mass is 552 g/mol. The van der Waals surface area contributed by atoms with Crippen molar-refractivity contribution in [3.8, 4) is 0 Å². The lowest BCUT2D eigenvalue weighted by atomic mass is 9.83. The number of hydrogen-bond acceptors (Lipinski definition) is 7. The van der Waals surface area contributed by atoms with Crippen LogP contribution in [0.25, 0.3) is 0 Å². The standard InChI is InChI=1S/C26H31Cl2FN4O4/c1-14-20-18(30-13-31-24(20)32-17-7-6-16(27)21(28)22(17)29)12-19(35-5)23(14)36-15-8-10-33(11-9-15)25(34)37-26(2,3)4/h6-7,12-15,20H,8-11H2,1-5H3,(H,30,31,32). The van der Waals surface area contributed by atoms with Crippen molar-refractivity contribution < 1.29 is 23.4 Å². The van der Waals surface area contributed by atoms with Gasteiger partial charge in [-0.3, -0.25) is 0 Å². The van der Waals surface area contributed by atoms with Gasteiger partial charge in [0.25, 0.3) is 0 Å². The average Bonchev–Trinajstić information content (AvgIpc) is 2.85. The summed E-state index contributed by atoms with van der Waals surface area (Å²) in [6, 6.07) is 3.04. The fourth-order valence-corrected chi connectivity index (χ4v) is 4.83. The van der Waals surface area contributed by atoms with Gasteiger partial charge in [0.15, 0.2) is 11.6 Å². The quantitative estimate of drug-likeness (QED) is 0.436. The van der Waals surface area contributed by atoms with Crippen molar-refractivity contribution in [1.82, 2.24) is 4.90 Å². The molecule has 0 aromatic heterocycles. The molecule has 2 unspecified atom stereocenters. The molecule has 4 rings (SSSR count). The van der Waals surface area contributed by atoms with Gasteiger partial charge >= 0.3 is 6.09 Å². The second-order valence-corrected chi connectivity index (χ2v) is 10.9. The normalized spacial score (nSPS) is 22.2. The number of halogens is 3. The summed E-state index contributed by atoms with van der Waals surface area (Å²) in [7, 11) is 1.58. The van der Waals surface area contributed by atoms with Gasteiger partial charge in [-0.2, -0.15) is 0 Å². The molecule has 1 saturated heterocycles. The molecule has 0 radical (unpaired) electrons. The fourth-order valence-electron chi connectivity index (χ4n) is 4.52. The Morgan fingerprint density at radius 1 is 1.22 bits per heavy atom. The van der Waals surface area contributed by atoms with Crippen LogP contribution in [0.15, 0.2) is 45.4 Å². The highest BCUT2D eigenvalue weighted by Crippen LogP contribution is 2.40. The average molecular weight is 553 g/mol. The minimum absolute atomic E-state index is 0.107. The van der Waals surface area contributed by atoms with Crippen LogP contribution in [0.2, 0.25) is 10.0 Å². The molecule has 2 atom stereocenters. The number of carbonyl (C=O) groups excluding carboxylic acids is 1. The highest BCUT2D eigenvalue weighted by Gasteiger charge is 2.39. The Bertz CT molecular complexity index is 1180. The Kier molecular flexibility index (Phi) is 8.04. The number of benzene rings is 1. The molecule has 1 fully saturated rings. The summed E-state index contributed by atoms with van der Waals surface area (Å²) in [5.74, 6) is 0.542. The molecule has 0 bridgehead atoms. The first-order valence-electron chi connectivity index (χ1n) is 12.1. The van der Waals surface area contributed by atoms with E-state index in [1.54, 1.807) is 12.0 Å². The molecular weight excluding hydrogens is 522 g/mol. The maximum atomic E-state index is 14.7. The molecule has 11 heteroatoms. The topological polar surface area (TPSA) is 84.8 Å². The summed E-state index contributed by atoms with van der Waals surface area (Å²) < 4.78 is 32.4. The summed E-state index contributed by atoms with van der Waals surface area (Å²) in [6.07, 6.45) is 4.11. The van der Waals surface area contributed by atoms with Gasteiger partial charge < -0.3 is 24.4 Å². The zero-order valence-electron chi connectivity index (χ0n) is 21.5. The number of hydrogen-bond donors (Lipinski definition) is 1. The van der Waals surface area contributed by atoms with Crippen LogP contribution < -0.4 is 5.32 Å². The highest BCUT2D eigenvalue weighted by atomic mass is 35.5. The van der Waals surface area contributed by atoms with Crippen molar-refractivity contribution in [2.24, 2.45) is 21.8 Å². The highest BCUT2D eigenvalue weighted by molar-refractivity contribution is 6.42. The van der Waals surface area contributed by atoms with E-state index >= 15 is 0 Å². The number of anilines is 1. The molecule has 1 aromatic rings. The molecule has 1 aliphatic carbocycles. The molecule has 2 aliphatic heterocycles. The third-order valence-electron chi connectivity index (χ3n) is 6.36. The smallest absolute Gasteiger partial charge is 0.410 e. The third-order valence-corrected chi connectivity index (χ3v) is 7.14. The van der Waals surface area contributed by atoms with Crippen LogP contribution in [0, 0.1) is 17.7 Å². The molecule has 0 saturated carbocycles. The lowest BCUT2D eigenvalue weighted by molar-refractivity contribution is -0.00209. The summed E-state index contributed by atoms with van der Waals surface area (Å²) >= 11 is 11.9. The fraction of sp³-hybridized carbons (Fsp3) is 0.500. The molecule has 1 N–H and O–H groups in total. The van der Waals surface area contributed by atoms with Crippen LogP contribution in [0.3, 0.4) is 0 Å². The maximum absolute atomic E-state index is 14.7. The van der Waals surface area contributed by atoms with Crippen molar-refractivity contribution in [3.63, 3.8) is 0 Å². The first kappa shape index (κ1) is 27.3. The predicted octanol–water partition coefficient (Wildman–Crippen LogP) is 6.41. The van der Waals surface area contributed by atoms with Gasteiger partial charge in [0, 0.05) is 37.9 Å². The molecule has 1 aromatic carbocycles. The Labute approximate surface area is 226 Å². The SMILES string of the molecule is COC1=C(OC2CCN(C(=O)OC(C)(C)C)CC2)C(C)C2C(=C1)N=CN=C2Nc1ccc(Cl)c(Cl)c1F. The van der Waals surface area contributed by atoms with E-state index in [1.165, 1.54) is 18.5 Å². The number of amidine groups is 1. The molecule has 0 spiro atoms. The van der Waals surface area contributed by atoms with E-state index in [-0.39, 0.29) is 39.8 Å². The van der Waals surface area contributed by atoms with Crippen LogP contribution in [0.1, 0.15) is 40.5 Å². The first-order valence-corrected chi connectivity index (χ1v) is 12.9. The number of carbonyl (C=O) groups is 1. The van der Waals surface area contributed by atoms with Gasteiger partial charge in [0.05, 0.1) is 34.5 Å². The second-order valence-electron chi connectivity index (χ2n) is 10.2. The van der Waals surface area contributed by atoms with Crippen molar-refractivity contribution >= 4 is 47.2 Å². The van der Waals surface area contributed by atoms with Gasteiger partial charge in [-0.05, 0) is 32.9 Å². The third kappa shape index (κ3) is 6.04. The van der Waals surface area contributed by atoms with Gasteiger partial charge in [0.2, 0.25) is 0 Å². The molecule has 200 valence electrons. The minimum Gasteiger partial charge on any atom is -0.493 e. The number of nitrogens with one attached hydrogen (secondary N) is 1. The number of methoxy groups -OCH3 is 1. The first-order chi connectivity index (χ1) is 17.5. The summed E-state index contributed by atoms with van der Waals surface area (Å²) in [6.45, 7) is 8.60. The van der Waals surface area contributed by atoms with Crippen LogP contribution in [-0.2, 0) is 14.2 Å². The number of allylic oxidation sites excluding steroid dienone is 2. The molecule has 8 nitrogen and oxygen atoms in total. The molecule has 2 heterocycles. The van der Waals surface area contributed by atoms with Gasteiger partial charge in [-0.1, -0.05) is 30.1 Å². The molecule has 37 heavy (non-hydrogen) atoms. The zero-order valence-corrected chi connectivity index (χ0v) is 23.0. The van der Waals surface area contributed by atoms with Crippen molar-refractivity contribution in [3.05, 3.63) is 51.3 Å². The predicted molar refractivity (Wildman–Crippen MR) is 143 cm³/mol. The van der Waals surface area contributed by atoms with Crippen LogP contribution in [0.4, 0.5) is 14.9 Å². The van der Waals surface area contributed by atoms with Crippen LogP contribution in [0.5, 0.6) is 0 Å². The number of fused-ring (bicyclic) bond motifs is 1. The number of ether oxygens (including phenoxy) is 3. The van der Waals surface area contributed by atoms with E-state index in [9.17, 15) is 9.18 Å². The Hall–Kier alpha value is -2.78. The number of likely N-dealkylation sites (tertiary alicyclic amines) is 1. The van der Waals surface area contributed by atoms with E-state index < -0.39 is 11.4 Å². The van der Waals surface area contributed by atoms with Gasteiger partial charge in [0.1, 0.15) is 29.6 Å². The van der Waals surface area contributed by atoms with Crippen molar-refractivity contribution in [2.75, 3.05) is 25.5 Å². The molecule has 1 amide bonds. The molecular formula is C26H31Cl2FN4O4. The Balaban J connectivity index is 1.49. The van der Waals surface area contributed by atoms with Gasteiger partial charge in [-0.25, -0.2) is 19.2 Å². The molecule has 3 aliphatic rings. The van der Waals surface area contributed by atoms with E-state index in [2.05, 4.69) is 15.3 Å². The van der Waals surface area contributed by atoms with E-state index in [1.807, 2.05) is 33.8 Å². The van der Waals surface area contributed by atoms with Crippen molar-refractivity contribution in [1.29, 1.82) is 0 Å². The largest absolute Gasteiger partial charge is 0.493 e. The Morgan fingerprint density at radius 2 is 1.92 bits per heavy atom. The lowest BCUT2D eigenvalue weighted by Gasteiger charge is -2.37. The number of amides is 1. The van der Waals surface area contributed by atoms with E-state index in [4.69, 9.17) is 37.4 Å². The van der Waals surface area contributed by atoms with E-state index in [0.29, 0.717) is 43.3 Å². The van der Waals surface area contributed by atoms with Gasteiger partial charge in [-0.15, -0.1) is 0 Å². The summed E-state index contributed by atoms with van der Waals surface area (Å²) in [4.78, 5) is 22.9. The van der Waals surface area contributed by atoms with E-state index in [0.717, 1.165) is 5.70 Å². The number of piperidine rings is 1. The lowest BCUT2D eigenvalue weighted by Crippen LogP contribution is -2.44. The Morgan fingerprint density at radius 3 is 2.57 bits per heavy atom. The minimum atomic E-state index is -0.658. The zero-order chi connectivity index (χ0) is 26.9. The summed E-state index contributed by atoms with van der Waals surface area (Å²) in [5, 5.41) is 3.03. The number of aliphatic imine (C=N–C) groups is 2. The number of rotatable bonds is 4. The van der Waals surface area contributed by atoms with Crippen molar-refractivity contribution in [2.45, 2.75) is 52.2 Å². The maximum Gasteiger partial charge on any atom is 0.410 e. The second kappa shape index (κ2) is 10.9. The number of nitrogens with zero attached hydrogens (tertiary/aromatic N) is 3. The van der Waals surface area contributed by atoms with Crippen LogP contribution in [-0.4, -0.2) is 55.1 Å².